The second-order valence-corrected chi connectivity index (χ2v) is 17.3. The molecule has 0 saturated heterocycles. The van der Waals surface area contributed by atoms with E-state index in [1.54, 1.807) is 6.07 Å². The van der Waals surface area contributed by atoms with Gasteiger partial charge in [-0.15, -0.1) is 0 Å². The van der Waals surface area contributed by atoms with Crippen LogP contribution in [-0.4, -0.2) is 10.9 Å². The molecule has 0 radical (unpaired) electrons. The van der Waals surface area contributed by atoms with Gasteiger partial charge in [0.2, 0.25) is 0 Å². The number of hydrogen-bond donors (Lipinski definition) is 2. The number of phenolic OH excluding ortho intramolecular Hbond substituents is 1. The molecule has 0 atom stereocenters. The molecule has 3 N–H and O–H groups in total. The first-order valence-electron chi connectivity index (χ1n) is 22.0. The molecule has 0 unspecified atom stereocenters. The lowest BCUT2D eigenvalue weighted by Crippen LogP contribution is -2.14. The van der Waals surface area contributed by atoms with Crippen molar-refractivity contribution in [2.45, 2.75) is 25.7 Å². The maximum atomic E-state index is 11.1. The number of rotatable bonds is 8. The second kappa shape index (κ2) is 15.7. The van der Waals surface area contributed by atoms with Crippen LogP contribution in [0, 0.1) is 0 Å². The molecule has 10 aromatic rings. The Morgan fingerprint density at radius 3 is 1.77 bits per heavy atom. The normalized spacial score (nSPS) is 13.3. The molecular formula is C61H46N2O. The Morgan fingerprint density at radius 2 is 1.05 bits per heavy atom. The molecule has 0 saturated carbocycles. The van der Waals surface area contributed by atoms with E-state index in [-0.39, 0.29) is 11.2 Å². The van der Waals surface area contributed by atoms with Crippen LogP contribution in [0.5, 0.6) is 5.75 Å². The maximum absolute atomic E-state index is 11.1. The summed E-state index contributed by atoms with van der Waals surface area (Å²) in [7, 11) is 0. The highest BCUT2D eigenvalue weighted by Crippen LogP contribution is 2.55. The van der Waals surface area contributed by atoms with E-state index in [4.69, 9.17) is 10.7 Å². The molecule has 3 heteroatoms. The number of hydrogen-bond acceptors (Lipinski definition) is 2. The van der Waals surface area contributed by atoms with E-state index in [2.05, 4.69) is 153 Å². The summed E-state index contributed by atoms with van der Waals surface area (Å²) >= 11 is 0. The third-order valence-corrected chi connectivity index (χ3v) is 13.3. The van der Waals surface area contributed by atoms with Crippen molar-refractivity contribution < 1.29 is 5.11 Å². The zero-order valence-electron chi connectivity index (χ0n) is 35.9. The number of aromatic hydroxyl groups is 1. The highest BCUT2D eigenvalue weighted by Gasteiger charge is 2.38. The summed E-state index contributed by atoms with van der Waals surface area (Å²) in [5.74, 6) is 0.685. The largest absolute Gasteiger partial charge is 0.507 e. The second-order valence-electron chi connectivity index (χ2n) is 17.3. The number of phenols is 1. The van der Waals surface area contributed by atoms with Crippen LogP contribution in [0.2, 0.25) is 0 Å². The van der Waals surface area contributed by atoms with Crippen molar-refractivity contribution in [2.24, 2.45) is 10.7 Å². The smallest absolute Gasteiger partial charge is 0.131 e. The van der Waals surface area contributed by atoms with Crippen LogP contribution in [0.15, 0.2) is 217 Å². The molecule has 0 aromatic heterocycles. The lowest BCUT2D eigenvalue weighted by molar-refractivity contribution is 0.477. The fourth-order valence-corrected chi connectivity index (χ4v) is 10.2. The fourth-order valence-electron chi connectivity index (χ4n) is 10.2. The number of fused-ring (bicyclic) bond motifs is 7. The number of nitrogens with zero attached hydrogens (tertiary/aromatic N) is 1. The first-order valence-corrected chi connectivity index (χ1v) is 22.0. The quantitative estimate of drug-likeness (QED) is 0.118. The van der Waals surface area contributed by atoms with E-state index >= 15 is 0 Å². The Labute approximate surface area is 374 Å². The van der Waals surface area contributed by atoms with Crippen molar-refractivity contribution in [1.29, 1.82) is 0 Å². The SMILES string of the molecule is CC1(C)c2cccc(-c3ccc(-c4ccc(/C(=C/Cc5cccc(O)c5-c5ccccc5)N=C(N)c5ccccc5)c5ccccc45)c4ccccc34)c2-c2c1ccc1ccccc21. The third-order valence-electron chi connectivity index (χ3n) is 13.3. The van der Waals surface area contributed by atoms with Crippen molar-refractivity contribution in [2.75, 3.05) is 0 Å². The van der Waals surface area contributed by atoms with Gasteiger partial charge in [0.05, 0.1) is 5.70 Å². The lowest BCUT2D eigenvalue weighted by Gasteiger charge is -2.22. The number of amidine groups is 1. The van der Waals surface area contributed by atoms with Crippen molar-refractivity contribution in [3.63, 3.8) is 0 Å². The standard InChI is InChI=1S/C61H46N2O/c1-61(2)53-29-16-28-52(59(53)58-43-23-10-9-17-39(43)31-37-54(58)61)50-34-33-48(44-24-11-12-25-45(44)50)49-35-36-51(47-27-14-13-26-46(47)49)55(63-60(62)42-20-7-4-8-21-42)38-32-41-22-15-30-56(64)57(41)40-18-5-3-6-19-40/h3-31,33-38,64H,32H2,1-2H3,(H2,62,63)/b55-38-. The van der Waals surface area contributed by atoms with Crippen molar-refractivity contribution >= 4 is 43.9 Å². The van der Waals surface area contributed by atoms with Gasteiger partial charge in [-0.1, -0.05) is 220 Å². The fraction of sp³-hybridized carbons (Fsp3) is 0.0656. The Kier molecular flexibility index (Phi) is 9.55. The Morgan fingerprint density at radius 1 is 0.484 bits per heavy atom. The highest BCUT2D eigenvalue weighted by atomic mass is 16.3. The van der Waals surface area contributed by atoms with E-state index in [1.807, 2.05) is 66.7 Å². The summed E-state index contributed by atoms with van der Waals surface area (Å²) in [6.07, 6.45) is 2.67. The Hall–Kier alpha value is -8.01. The minimum Gasteiger partial charge on any atom is -0.507 e. The van der Waals surface area contributed by atoms with E-state index in [0.717, 1.165) is 49.9 Å². The first kappa shape index (κ1) is 38.9. The van der Waals surface area contributed by atoms with Gasteiger partial charge in [-0.05, 0) is 100 Å². The van der Waals surface area contributed by atoms with Gasteiger partial charge in [-0.3, -0.25) is 0 Å². The number of aliphatic imine (C=N–C) groups is 1. The predicted octanol–water partition coefficient (Wildman–Crippen LogP) is 15.1. The summed E-state index contributed by atoms with van der Waals surface area (Å²) in [6.45, 7) is 4.73. The number of nitrogens with two attached hydrogens (primary N) is 1. The Bertz CT molecular complexity index is 3510. The maximum Gasteiger partial charge on any atom is 0.131 e. The summed E-state index contributed by atoms with van der Waals surface area (Å²) in [5.41, 5.74) is 22.3. The van der Waals surface area contributed by atoms with Crippen molar-refractivity contribution in [3.8, 4) is 50.3 Å². The van der Waals surface area contributed by atoms with Gasteiger partial charge in [0.15, 0.2) is 0 Å². The van der Waals surface area contributed by atoms with E-state index in [1.165, 1.54) is 60.5 Å². The van der Waals surface area contributed by atoms with Gasteiger partial charge >= 0.3 is 0 Å². The van der Waals surface area contributed by atoms with Crippen LogP contribution in [0.25, 0.3) is 82.5 Å². The molecule has 64 heavy (non-hydrogen) atoms. The van der Waals surface area contributed by atoms with Gasteiger partial charge in [0.1, 0.15) is 11.6 Å². The summed E-state index contributed by atoms with van der Waals surface area (Å²) in [5, 5.41) is 18.3. The van der Waals surface area contributed by atoms with E-state index in [9.17, 15) is 5.11 Å². The lowest BCUT2D eigenvalue weighted by atomic mass is 9.81. The third kappa shape index (κ3) is 6.48. The van der Waals surface area contributed by atoms with Crippen LogP contribution < -0.4 is 5.73 Å². The average Bonchev–Trinajstić information content (AvgIpc) is 3.59. The molecule has 10 aromatic carbocycles. The zero-order valence-corrected chi connectivity index (χ0v) is 35.9. The zero-order chi connectivity index (χ0) is 43.4. The van der Waals surface area contributed by atoms with E-state index < -0.39 is 0 Å². The molecule has 1 aliphatic carbocycles. The molecule has 306 valence electrons. The minimum absolute atomic E-state index is 0.128. The first-order chi connectivity index (χ1) is 31.4. The average molecular weight is 823 g/mol. The van der Waals surface area contributed by atoms with Crippen LogP contribution in [0.4, 0.5) is 0 Å². The van der Waals surface area contributed by atoms with Crippen molar-refractivity contribution in [1.82, 2.24) is 0 Å². The topological polar surface area (TPSA) is 58.6 Å². The highest BCUT2D eigenvalue weighted by molar-refractivity contribution is 6.14. The molecule has 1 aliphatic rings. The molecule has 0 bridgehead atoms. The van der Waals surface area contributed by atoms with Gasteiger partial charge in [-0.25, -0.2) is 4.99 Å². The molecule has 0 amide bonds. The molecule has 3 nitrogen and oxygen atoms in total. The summed E-state index contributed by atoms with van der Waals surface area (Å²) in [4.78, 5) is 5.17. The predicted molar refractivity (Wildman–Crippen MR) is 270 cm³/mol. The molecule has 0 spiro atoms. The molecule has 0 heterocycles. The molecular weight excluding hydrogens is 777 g/mol. The number of allylic oxidation sites excluding steroid dienone is 1. The van der Waals surface area contributed by atoms with E-state index in [0.29, 0.717) is 12.3 Å². The van der Waals surface area contributed by atoms with Crippen LogP contribution in [0.3, 0.4) is 0 Å². The molecule has 0 aliphatic heterocycles. The van der Waals surface area contributed by atoms with Gasteiger partial charge < -0.3 is 10.8 Å². The summed E-state index contributed by atoms with van der Waals surface area (Å²) in [6, 6.07) is 72.6. The van der Waals surface area contributed by atoms with Gasteiger partial charge in [0, 0.05) is 22.1 Å². The van der Waals surface area contributed by atoms with Crippen molar-refractivity contribution in [3.05, 3.63) is 240 Å². The van der Waals surface area contributed by atoms with Crippen LogP contribution >= 0.6 is 0 Å². The van der Waals surface area contributed by atoms with Gasteiger partial charge in [-0.2, -0.15) is 0 Å². The minimum atomic E-state index is -0.128. The molecule has 11 rings (SSSR count). The number of benzene rings is 10. The Balaban J connectivity index is 1.07. The van der Waals surface area contributed by atoms with Crippen LogP contribution in [-0.2, 0) is 11.8 Å². The molecule has 0 fully saturated rings. The van der Waals surface area contributed by atoms with Crippen LogP contribution in [0.1, 0.15) is 41.7 Å². The van der Waals surface area contributed by atoms with Gasteiger partial charge in [0.25, 0.3) is 0 Å². The monoisotopic (exact) mass is 822 g/mol. The summed E-state index contributed by atoms with van der Waals surface area (Å²) < 4.78 is 0.